The zero-order valence-corrected chi connectivity index (χ0v) is 30.0. The van der Waals surface area contributed by atoms with E-state index in [1.807, 2.05) is 0 Å². The molecule has 5 aliphatic rings. The minimum absolute atomic E-state index is 0.0402. The molecule has 250 valence electrons. The highest BCUT2D eigenvalue weighted by Gasteiger charge is 2.46. The van der Waals surface area contributed by atoms with Gasteiger partial charge in [0, 0.05) is 33.3 Å². The standard InChI is InChI=1S/C49H44N2/c1-48(2)42-20-10-6-9-17-36(42)38-26-23-34(30-44(38)48)50(35-24-27-39-37-18-11-13-21-43(37)49(3,4)45(39)31-35)33-25-28-47-41(29-33)40-19-12-14-22-46(40)51(47)32-15-7-5-8-16-32/h5,7-23,25-29,31,35,44H,6,24,30H2,1-4H3. The molecule has 5 aromatic rings. The monoisotopic (exact) mass is 660 g/mol. The molecule has 2 nitrogen and oxygen atoms in total. The lowest BCUT2D eigenvalue weighted by Crippen LogP contribution is -2.37. The van der Waals surface area contributed by atoms with Gasteiger partial charge in [0.05, 0.1) is 17.1 Å². The van der Waals surface area contributed by atoms with Crippen LogP contribution in [0, 0.1) is 11.3 Å². The van der Waals surface area contributed by atoms with E-state index >= 15 is 0 Å². The number of benzene rings is 4. The lowest BCUT2D eigenvalue weighted by molar-refractivity contribution is 0.328. The van der Waals surface area contributed by atoms with E-state index in [2.05, 4.69) is 183 Å². The van der Waals surface area contributed by atoms with Crippen molar-refractivity contribution in [1.82, 2.24) is 4.57 Å². The second-order valence-corrected chi connectivity index (χ2v) is 16.1. The Bertz CT molecular complexity index is 2500. The fourth-order valence-electron chi connectivity index (χ4n) is 10.0. The second kappa shape index (κ2) is 11.1. The molecule has 2 unspecified atom stereocenters. The van der Waals surface area contributed by atoms with Gasteiger partial charge in [-0.05, 0) is 112 Å². The Morgan fingerprint density at radius 3 is 2.39 bits per heavy atom. The molecular weight excluding hydrogens is 617 g/mol. The zero-order chi connectivity index (χ0) is 34.5. The van der Waals surface area contributed by atoms with Crippen molar-refractivity contribution >= 4 is 33.1 Å². The summed E-state index contributed by atoms with van der Waals surface area (Å²) in [5.74, 6) is 0.427. The SMILES string of the molecule is CC1(C)C2=CC(N(C3=CC=C4C5=C(C=CCC=C5)C(C)(C)C4C3)c3ccc4c(c3)c3ccccc3n4-c3ccccc3)CC=C2c2ccccc21. The topological polar surface area (TPSA) is 8.17 Å². The van der Waals surface area contributed by atoms with E-state index in [-0.39, 0.29) is 16.9 Å². The van der Waals surface area contributed by atoms with Crippen LogP contribution in [0.4, 0.5) is 5.69 Å². The third kappa shape index (κ3) is 4.42. The molecule has 2 atom stereocenters. The average molecular weight is 661 g/mol. The van der Waals surface area contributed by atoms with E-state index in [0.717, 1.165) is 19.3 Å². The van der Waals surface area contributed by atoms with Gasteiger partial charge in [-0.25, -0.2) is 0 Å². The molecule has 2 heteroatoms. The summed E-state index contributed by atoms with van der Waals surface area (Å²) in [5.41, 5.74) is 16.5. The summed E-state index contributed by atoms with van der Waals surface area (Å²) in [5, 5.41) is 2.58. The molecule has 0 amide bonds. The molecule has 0 N–H and O–H groups in total. The maximum atomic E-state index is 2.70. The highest BCUT2D eigenvalue weighted by atomic mass is 15.2. The Balaban J connectivity index is 1.15. The van der Waals surface area contributed by atoms with Crippen LogP contribution in [0.25, 0.3) is 33.1 Å². The molecule has 5 aliphatic carbocycles. The smallest absolute Gasteiger partial charge is 0.0560 e. The molecule has 0 bridgehead atoms. The van der Waals surface area contributed by atoms with Crippen LogP contribution in [0.3, 0.4) is 0 Å². The molecule has 51 heavy (non-hydrogen) atoms. The third-order valence-corrected chi connectivity index (χ3v) is 12.6. The second-order valence-electron chi connectivity index (χ2n) is 16.1. The molecule has 10 rings (SSSR count). The molecule has 1 aromatic heterocycles. The molecule has 0 saturated heterocycles. The first-order valence-electron chi connectivity index (χ1n) is 18.7. The number of hydrogen-bond acceptors (Lipinski definition) is 1. The van der Waals surface area contributed by atoms with Crippen molar-refractivity contribution in [3.05, 3.63) is 185 Å². The summed E-state index contributed by atoms with van der Waals surface area (Å²) < 4.78 is 2.42. The average Bonchev–Trinajstić information content (AvgIpc) is 3.55. The molecule has 4 aromatic carbocycles. The van der Waals surface area contributed by atoms with Gasteiger partial charge >= 0.3 is 0 Å². The van der Waals surface area contributed by atoms with Crippen LogP contribution >= 0.6 is 0 Å². The Morgan fingerprint density at radius 2 is 1.51 bits per heavy atom. The molecule has 0 aliphatic heterocycles. The van der Waals surface area contributed by atoms with Crippen molar-refractivity contribution in [2.24, 2.45) is 11.3 Å². The van der Waals surface area contributed by atoms with Gasteiger partial charge in [0.1, 0.15) is 0 Å². The molecule has 0 spiro atoms. The van der Waals surface area contributed by atoms with Gasteiger partial charge in [0.25, 0.3) is 0 Å². The van der Waals surface area contributed by atoms with E-state index in [0.29, 0.717) is 5.92 Å². The Labute approximate surface area is 301 Å². The van der Waals surface area contributed by atoms with Gasteiger partial charge < -0.3 is 9.47 Å². The molecular formula is C49H44N2. The first kappa shape index (κ1) is 30.5. The van der Waals surface area contributed by atoms with E-state index in [4.69, 9.17) is 0 Å². The molecule has 0 saturated carbocycles. The minimum Gasteiger partial charge on any atom is -0.338 e. The third-order valence-electron chi connectivity index (χ3n) is 12.6. The van der Waals surface area contributed by atoms with Crippen LogP contribution in [0.5, 0.6) is 0 Å². The number of anilines is 1. The molecule has 1 heterocycles. The Morgan fingerprint density at radius 1 is 0.745 bits per heavy atom. The first-order chi connectivity index (χ1) is 24.8. The fourth-order valence-corrected chi connectivity index (χ4v) is 10.0. The summed E-state index contributed by atoms with van der Waals surface area (Å²) >= 11 is 0. The quantitative estimate of drug-likeness (QED) is 0.186. The summed E-state index contributed by atoms with van der Waals surface area (Å²) in [6.07, 6.45) is 22.5. The van der Waals surface area contributed by atoms with Gasteiger partial charge in [-0.1, -0.05) is 131 Å². The Hall–Kier alpha value is -5.34. The lowest BCUT2D eigenvalue weighted by atomic mass is 9.72. The summed E-state index contributed by atoms with van der Waals surface area (Å²) in [4.78, 5) is 2.70. The van der Waals surface area contributed by atoms with Crippen molar-refractivity contribution in [2.75, 3.05) is 4.90 Å². The largest absolute Gasteiger partial charge is 0.338 e. The van der Waals surface area contributed by atoms with Crippen LogP contribution in [-0.2, 0) is 5.41 Å². The van der Waals surface area contributed by atoms with E-state index < -0.39 is 0 Å². The van der Waals surface area contributed by atoms with Crippen molar-refractivity contribution in [3.8, 4) is 5.69 Å². The van der Waals surface area contributed by atoms with Crippen molar-refractivity contribution in [2.45, 2.75) is 58.4 Å². The lowest BCUT2D eigenvalue weighted by Gasteiger charge is -2.41. The number of fused-ring (bicyclic) bond motifs is 8. The first-order valence-corrected chi connectivity index (χ1v) is 18.7. The molecule has 0 fully saturated rings. The fraction of sp³-hybridized carbons (Fsp3) is 0.224. The van der Waals surface area contributed by atoms with Gasteiger partial charge in [-0.3, -0.25) is 0 Å². The number of allylic oxidation sites excluding steroid dienone is 12. The maximum Gasteiger partial charge on any atom is 0.0560 e. The zero-order valence-electron chi connectivity index (χ0n) is 30.0. The predicted octanol–water partition coefficient (Wildman–Crippen LogP) is 12.3. The normalized spacial score (nSPS) is 22.4. The van der Waals surface area contributed by atoms with Gasteiger partial charge in [-0.15, -0.1) is 0 Å². The van der Waals surface area contributed by atoms with Crippen molar-refractivity contribution in [3.63, 3.8) is 0 Å². The Kier molecular flexibility index (Phi) is 6.62. The van der Waals surface area contributed by atoms with Crippen LogP contribution in [0.2, 0.25) is 0 Å². The summed E-state index contributed by atoms with van der Waals surface area (Å²) in [7, 11) is 0. The van der Waals surface area contributed by atoms with Crippen molar-refractivity contribution < 1.29 is 0 Å². The van der Waals surface area contributed by atoms with Gasteiger partial charge in [0.2, 0.25) is 0 Å². The van der Waals surface area contributed by atoms with E-state index in [1.165, 1.54) is 77.9 Å². The number of nitrogens with zero attached hydrogens (tertiary/aromatic N) is 2. The number of hydrogen-bond donors (Lipinski definition) is 0. The minimum atomic E-state index is -0.0402. The molecule has 0 radical (unpaired) electrons. The number of aromatic nitrogens is 1. The number of rotatable bonds is 4. The highest BCUT2D eigenvalue weighted by molar-refractivity contribution is 6.10. The number of para-hydroxylation sites is 2. The highest BCUT2D eigenvalue weighted by Crippen LogP contribution is 2.57. The van der Waals surface area contributed by atoms with Crippen LogP contribution in [0.15, 0.2) is 174 Å². The van der Waals surface area contributed by atoms with Gasteiger partial charge in [-0.2, -0.15) is 0 Å². The van der Waals surface area contributed by atoms with Crippen LogP contribution in [-0.4, -0.2) is 10.6 Å². The maximum absolute atomic E-state index is 2.70. The summed E-state index contributed by atoms with van der Waals surface area (Å²) in [6, 6.07) is 36.1. The van der Waals surface area contributed by atoms with Crippen LogP contribution < -0.4 is 4.90 Å². The van der Waals surface area contributed by atoms with E-state index in [1.54, 1.807) is 0 Å². The van der Waals surface area contributed by atoms with Crippen LogP contribution in [0.1, 0.15) is 58.1 Å². The van der Waals surface area contributed by atoms with Crippen molar-refractivity contribution in [1.29, 1.82) is 0 Å². The van der Waals surface area contributed by atoms with Gasteiger partial charge in [0.15, 0.2) is 0 Å². The predicted molar refractivity (Wildman–Crippen MR) is 215 cm³/mol. The van der Waals surface area contributed by atoms with E-state index in [9.17, 15) is 0 Å². The summed E-state index contributed by atoms with van der Waals surface area (Å²) in [6.45, 7) is 9.74.